The van der Waals surface area contributed by atoms with Gasteiger partial charge < -0.3 is 27.5 Å². The average Bonchev–Trinajstić information content (AvgIpc) is 2.84. The maximum Gasteiger partial charge on any atom is 0.337 e. The molecule has 0 saturated heterocycles. The Labute approximate surface area is 200 Å². The number of hydrogen-bond donors (Lipinski definition) is 1. The van der Waals surface area contributed by atoms with E-state index in [0.29, 0.717) is 11.3 Å². The maximum atomic E-state index is 12.0. The number of ether oxygens (including phenoxy) is 1. The van der Waals surface area contributed by atoms with Crippen LogP contribution in [0.3, 0.4) is 0 Å². The van der Waals surface area contributed by atoms with Gasteiger partial charge in [0.25, 0.3) is 0 Å². The highest BCUT2D eigenvalue weighted by atomic mass is 79.9. The van der Waals surface area contributed by atoms with Crippen molar-refractivity contribution in [2.75, 3.05) is 12.8 Å². The first-order chi connectivity index (χ1) is 15.1. The number of anilines is 1. The fraction of sp³-hybridized carbons (Fsp3) is 0.0741. The summed E-state index contributed by atoms with van der Waals surface area (Å²) >= 11 is 0. The van der Waals surface area contributed by atoms with Crippen molar-refractivity contribution in [1.82, 2.24) is 0 Å². The monoisotopic (exact) mass is 505 g/mol. The van der Waals surface area contributed by atoms with Crippen molar-refractivity contribution in [2.24, 2.45) is 0 Å². The molecule has 0 unspecified atom stereocenters. The van der Waals surface area contributed by atoms with E-state index in [4.69, 9.17) is 10.5 Å². The molecule has 0 aliphatic heterocycles. The zero-order valence-electron chi connectivity index (χ0n) is 17.8. The van der Waals surface area contributed by atoms with Crippen LogP contribution in [0.15, 0.2) is 109 Å². The third-order valence-electron chi connectivity index (χ3n) is 5.57. The molecule has 162 valence electrons. The molecular weight excluding hydrogens is 481 g/mol. The zero-order chi connectivity index (χ0) is 21.7. The molecule has 0 aliphatic carbocycles. The second-order valence-electron chi connectivity index (χ2n) is 7.38. The van der Waals surface area contributed by atoms with Gasteiger partial charge in [0.2, 0.25) is 0 Å². The van der Waals surface area contributed by atoms with E-state index in [0.717, 1.165) is 11.7 Å². The Morgan fingerprint density at radius 3 is 1.56 bits per heavy atom. The van der Waals surface area contributed by atoms with Crippen molar-refractivity contribution in [1.29, 1.82) is 0 Å². The van der Waals surface area contributed by atoms with Crippen LogP contribution < -0.4 is 38.6 Å². The number of nitrogen functional groups attached to an aromatic ring is 1. The molecule has 5 heteroatoms. The van der Waals surface area contributed by atoms with E-state index in [1.54, 1.807) is 12.1 Å². The van der Waals surface area contributed by atoms with Gasteiger partial charge in [0, 0.05) is 11.3 Å². The van der Waals surface area contributed by atoms with Gasteiger partial charge in [0.05, 0.1) is 12.7 Å². The van der Waals surface area contributed by atoms with Gasteiger partial charge in [0.1, 0.15) is 29.3 Å². The van der Waals surface area contributed by atoms with Crippen molar-refractivity contribution in [3.63, 3.8) is 0 Å². The lowest BCUT2D eigenvalue weighted by atomic mass is 10.1. The molecule has 0 radical (unpaired) electrons. The normalized spacial score (nSPS) is 10.8. The van der Waals surface area contributed by atoms with Crippen LogP contribution in [-0.2, 0) is 10.9 Å². The van der Waals surface area contributed by atoms with Crippen molar-refractivity contribution in [3.8, 4) is 0 Å². The molecule has 4 aromatic rings. The molecule has 3 nitrogen and oxygen atoms in total. The van der Waals surface area contributed by atoms with E-state index in [1.807, 2.05) is 24.3 Å². The lowest BCUT2D eigenvalue weighted by molar-refractivity contribution is -0.0000206. The van der Waals surface area contributed by atoms with Crippen LogP contribution in [0.5, 0.6) is 0 Å². The molecular formula is C27H25BrNO2P. The maximum absolute atomic E-state index is 12.0. The Hall–Kier alpha value is -2.94. The van der Waals surface area contributed by atoms with Crippen molar-refractivity contribution in [2.45, 2.75) is 6.16 Å². The third kappa shape index (κ3) is 4.62. The number of esters is 1. The molecule has 0 heterocycles. The largest absolute Gasteiger partial charge is 1.00 e. The number of halogens is 1. The number of hydrogen-bond acceptors (Lipinski definition) is 3. The first kappa shape index (κ1) is 23.7. The molecule has 0 saturated carbocycles. The first-order valence-electron chi connectivity index (χ1n) is 10.2. The van der Waals surface area contributed by atoms with Gasteiger partial charge in [-0.25, -0.2) is 4.79 Å². The molecule has 0 aliphatic rings. The van der Waals surface area contributed by atoms with Gasteiger partial charge in [-0.1, -0.05) is 60.7 Å². The fourth-order valence-electron chi connectivity index (χ4n) is 4.01. The lowest BCUT2D eigenvalue weighted by Gasteiger charge is -2.28. The molecule has 32 heavy (non-hydrogen) atoms. The SMILES string of the molecule is COC(=O)c1ccc(C[P+](c2ccccc2)(c2ccccc2)c2ccccc2)c(N)c1.[Br-]. The second kappa shape index (κ2) is 10.6. The predicted octanol–water partition coefficient (Wildman–Crippen LogP) is 1.55. The Kier molecular flexibility index (Phi) is 7.84. The Morgan fingerprint density at radius 2 is 1.19 bits per heavy atom. The van der Waals surface area contributed by atoms with E-state index in [-0.39, 0.29) is 23.0 Å². The number of rotatable bonds is 6. The van der Waals surface area contributed by atoms with Gasteiger partial charge >= 0.3 is 5.97 Å². The zero-order valence-corrected chi connectivity index (χ0v) is 20.3. The van der Waals surface area contributed by atoms with Gasteiger partial charge in [-0.3, -0.25) is 0 Å². The van der Waals surface area contributed by atoms with Crippen LogP contribution in [0.4, 0.5) is 5.69 Å². The van der Waals surface area contributed by atoms with Crippen molar-refractivity contribution < 1.29 is 26.5 Å². The molecule has 0 atom stereocenters. The van der Waals surface area contributed by atoms with Gasteiger partial charge in [0.15, 0.2) is 0 Å². The minimum absolute atomic E-state index is 0. The molecule has 0 amide bonds. The Balaban J connectivity index is 0.00000289. The summed E-state index contributed by atoms with van der Waals surface area (Å²) in [5.74, 6) is -0.381. The quantitative estimate of drug-likeness (QED) is 0.246. The van der Waals surface area contributed by atoms with Gasteiger partial charge in [-0.2, -0.15) is 0 Å². The summed E-state index contributed by atoms with van der Waals surface area (Å²) in [6.07, 6.45) is 0.762. The summed E-state index contributed by atoms with van der Waals surface area (Å²) in [4.78, 5) is 12.0. The standard InChI is InChI=1S/C27H25NO2P.BrH/c1-30-27(29)21-17-18-22(26(28)19-21)20-31(23-11-5-2-6-12-23,24-13-7-3-8-14-24)25-15-9-4-10-16-25;/h2-19H,20,28H2,1H3;1H/q+1;/p-1. The summed E-state index contributed by atoms with van der Waals surface area (Å²) in [5, 5.41) is 3.89. The van der Waals surface area contributed by atoms with Crippen LogP contribution >= 0.6 is 7.26 Å². The first-order valence-corrected chi connectivity index (χ1v) is 12.1. The van der Waals surface area contributed by atoms with Crippen LogP contribution in [-0.4, -0.2) is 13.1 Å². The topological polar surface area (TPSA) is 52.3 Å². The van der Waals surface area contributed by atoms with E-state index in [9.17, 15) is 4.79 Å². The summed E-state index contributed by atoms with van der Waals surface area (Å²) in [5.41, 5.74) is 8.56. The van der Waals surface area contributed by atoms with Gasteiger partial charge in [-0.05, 0) is 48.5 Å². The smallest absolute Gasteiger partial charge is 0.337 e. The molecule has 4 rings (SSSR count). The molecule has 2 N–H and O–H groups in total. The van der Waals surface area contributed by atoms with Crippen LogP contribution in [0.2, 0.25) is 0 Å². The molecule has 0 aromatic heterocycles. The van der Waals surface area contributed by atoms with Gasteiger partial charge in [-0.15, -0.1) is 0 Å². The molecule has 4 aromatic carbocycles. The van der Waals surface area contributed by atoms with E-state index in [1.165, 1.54) is 23.0 Å². The highest BCUT2D eigenvalue weighted by molar-refractivity contribution is 7.95. The highest BCUT2D eigenvalue weighted by Crippen LogP contribution is 2.58. The van der Waals surface area contributed by atoms with Crippen LogP contribution in [0, 0.1) is 0 Å². The number of carbonyl (C=O) groups excluding carboxylic acids is 1. The summed E-state index contributed by atoms with van der Waals surface area (Å²) in [7, 11) is -0.666. The van der Waals surface area contributed by atoms with Crippen LogP contribution in [0.1, 0.15) is 15.9 Å². The molecule has 0 spiro atoms. The summed E-state index contributed by atoms with van der Waals surface area (Å²) < 4.78 is 4.85. The Bertz CT molecular complexity index is 1070. The highest BCUT2D eigenvalue weighted by Gasteiger charge is 2.45. The molecule has 0 fully saturated rings. The number of methoxy groups -OCH3 is 1. The van der Waals surface area contributed by atoms with E-state index < -0.39 is 7.26 Å². The fourth-order valence-corrected chi connectivity index (χ4v) is 8.29. The minimum atomic E-state index is -2.04. The van der Waals surface area contributed by atoms with Crippen LogP contribution in [0.25, 0.3) is 0 Å². The average molecular weight is 506 g/mol. The summed E-state index contributed by atoms with van der Waals surface area (Å²) in [6, 6.07) is 37.5. The predicted molar refractivity (Wildman–Crippen MR) is 131 cm³/mol. The second-order valence-corrected chi connectivity index (χ2v) is 10.9. The lowest BCUT2D eigenvalue weighted by Crippen LogP contribution is -3.00. The van der Waals surface area contributed by atoms with E-state index in [2.05, 4.69) is 72.8 Å². The van der Waals surface area contributed by atoms with Crippen molar-refractivity contribution in [3.05, 3.63) is 120 Å². The number of carbonyl (C=O) groups is 1. The number of nitrogens with two attached hydrogens (primary N) is 1. The van der Waals surface area contributed by atoms with Crippen molar-refractivity contribution >= 4 is 34.8 Å². The Morgan fingerprint density at radius 1 is 0.750 bits per heavy atom. The minimum Gasteiger partial charge on any atom is -1.00 e. The molecule has 0 bridgehead atoms. The van der Waals surface area contributed by atoms with E-state index >= 15 is 0 Å². The number of benzene rings is 4. The third-order valence-corrected chi connectivity index (χ3v) is 9.92. The summed E-state index contributed by atoms with van der Waals surface area (Å²) in [6.45, 7) is 0.